The van der Waals surface area contributed by atoms with Gasteiger partial charge >= 0.3 is 0 Å². The number of nitriles is 1. The van der Waals surface area contributed by atoms with Crippen molar-refractivity contribution in [2.75, 3.05) is 24.5 Å². The summed E-state index contributed by atoms with van der Waals surface area (Å²) in [5, 5.41) is 14.8. The van der Waals surface area contributed by atoms with Gasteiger partial charge in [-0.1, -0.05) is 11.6 Å². The Bertz CT molecular complexity index is 2190. The Kier molecular flexibility index (Phi) is 12.0. The van der Waals surface area contributed by atoms with E-state index in [9.17, 15) is 24.0 Å². The zero-order valence-electron chi connectivity index (χ0n) is 33.8. The van der Waals surface area contributed by atoms with Crippen LogP contribution in [0.5, 0.6) is 11.5 Å². The van der Waals surface area contributed by atoms with Crippen molar-refractivity contribution in [3.05, 3.63) is 76.2 Å². The third kappa shape index (κ3) is 8.81. The van der Waals surface area contributed by atoms with Gasteiger partial charge in [0.15, 0.2) is 0 Å². The molecule has 5 aliphatic rings. The van der Waals surface area contributed by atoms with Crippen molar-refractivity contribution in [3.63, 3.8) is 0 Å². The molecule has 4 fully saturated rings. The van der Waals surface area contributed by atoms with E-state index in [2.05, 4.69) is 50.3 Å². The van der Waals surface area contributed by atoms with E-state index in [1.807, 2.05) is 0 Å². The van der Waals surface area contributed by atoms with Gasteiger partial charge in [-0.25, -0.2) is 9.97 Å². The molecular weight excluding hydrogens is 788 g/mol. The normalized spacial score (nSPS) is 24.5. The maximum absolute atomic E-state index is 13.3. The van der Waals surface area contributed by atoms with Crippen molar-refractivity contribution in [2.45, 2.75) is 114 Å². The quantitative estimate of drug-likeness (QED) is 0.232. The smallest absolute Gasteiger partial charge is 0.271 e. The first kappa shape index (κ1) is 41.2. The van der Waals surface area contributed by atoms with Crippen molar-refractivity contribution in [1.82, 2.24) is 30.4 Å². The van der Waals surface area contributed by atoms with Crippen LogP contribution in [0.4, 0.5) is 5.82 Å². The zero-order chi connectivity index (χ0) is 42.1. The van der Waals surface area contributed by atoms with Crippen LogP contribution in [0.15, 0.2) is 48.8 Å². The molecule has 5 amide bonds. The van der Waals surface area contributed by atoms with Gasteiger partial charge in [0, 0.05) is 63.1 Å². The van der Waals surface area contributed by atoms with Crippen LogP contribution in [-0.4, -0.2) is 105 Å². The fourth-order valence-electron chi connectivity index (χ4n) is 9.08. The number of ether oxygens (including phenoxy) is 2. The first-order valence-electron chi connectivity index (χ1n) is 21.0. The van der Waals surface area contributed by atoms with Crippen molar-refractivity contribution in [3.8, 4) is 17.6 Å². The molecule has 1 aromatic heterocycles. The lowest BCUT2D eigenvalue weighted by atomic mass is 9.85. The fourth-order valence-corrected chi connectivity index (χ4v) is 9.30. The summed E-state index contributed by atoms with van der Waals surface area (Å²) < 4.78 is 12.4. The van der Waals surface area contributed by atoms with Gasteiger partial charge in [0.25, 0.3) is 17.7 Å². The molecule has 60 heavy (non-hydrogen) atoms. The average Bonchev–Trinajstić information content (AvgIpc) is 3.47. The molecule has 4 heterocycles. The Morgan fingerprint density at radius 2 is 1.62 bits per heavy atom. The number of anilines is 1. The summed E-state index contributed by atoms with van der Waals surface area (Å²) in [6.07, 6.45) is 10.3. The predicted molar refractivity (Wildman–Crippen MR) is 220 cm³/mol. The van der Waals surface area contributed by atoms with Gasteiger partial charge in [-0.05, 0) is 95.0 Å². The van der Waals surface area contributed by atoms with Gasteiger partial charge in [-0.3, -0.25) is 39.1 Å². The topological polar surface area (TPSA) is 187 Å². The molecule has 0 radical (unpaired) electrons. The molecule has 16 heteroatoms. The van der Waals surface area contributed by atoms with Crippen molar-refractivity contribution in [2.24, 2.45) is 5.92 Å². The molecule has 2 saturated carbocycles. The number of carbonyl (C=O) groups is 5. The molecule has 314 valence electrons. The second-order valence-electron chi connectivity index (χ2n) is 16.8. The van der Waals surface area contributed by atoms with Gasteiger partial charge < -0.3 is 19.7 Å². The van der Waals surface area contributed by atoms with Crippen LogP contribution in [0.1, 0.15) is 115 Å². The molecule has 1 unspecified atom stereocenters. The SMILES string of the molecule is CC(C)N(CC1CCN(c2cnc(C(=O)N[C@H]3CC[C@H](Oc4ccc(C#N)c(Cl)c4)CC3)cn2)CC1)[C@H]1C[C@H](Oc2ccc3c(c2)C(=O)N(C2CCC(=O)NC2=O)C3=O)C1. The van der Waals surface area contributed by atoms with Crippen LogP contribution in [-0.2, 0) is 9.59 Å². The maximum atomic E-state index is 13.3. The molecule has 2 N–H and O–H groups in total. The molecular formula is C44H49ClN8O7. The van der Waals surface area contributed by atoms with Gasteiger partial charge in [-0.2, -0.15) is 5.26 Å². The number of hydrogen-bond donors (Lipinski definition) is 2. The van der Waals surface area contributed by atoms with Crippen LogP contribution in [0.2, 0.25) is 5.02 Å². The van der Waals surface area contributed by atoms with Gasteiger partial charge in [0.1, 0.15) is 41.2 Å². The van der Waals surface area contributed by atoms with Crippen LogP contribution in [0.3, 0.4) is 0 Å². The number of hydrogen-bond acceptors (Lipinski definition) is 12. The molecule has 2 aliphatic carbocycles. The molecule has 0 spiro atoms. The number of nitrogens with one attached hydrogen (secondary N) is 2. The highest BCUT2D eigenvalue weighted by Gasteiger charge is 2.45. The Morgan fingerprint density at radius 1 is 0.917 bits per heavy atom. The minimum Gasteiger partial charge on any atom is -0.490 e. The third-order valence-electron chi connectivity index (χ3n) is 12.6. The zero-order valence-corrected chi connectivity index (χ0v) is 34.5. The first-order valence-corrected chi connectivity index (χ1v) is 21.3. The number of halogens is 1. The third-order valence-corrected chi connectivity index (χ3v) is 12.9. The van der Waals surface area contributed by atoms with Crippen LogP contribution in [0, 0.1) is 17.2 Å². The monoisotopic (exact) mass is 836 g/mol. The summed E-state index contributed by atoms with van der Waals surface area (Å²) in [6, 6.07) is 11.8. The van der Waals surface area contributed by atoms with E-state index in [1.54, 1.807) is 48.8 Å². The molecule has 8 rings (SSSR count). The molecule has 3 aromatic rings. The Hall–Kier alpha value is -5.59. The molecule has 0 bridgehead atoms. The largest absolute Gasteiger partial charge is 0.490 e. The van der Waals surface area contributed by atoms with Crippen LogP contribution >= 0.6 is 11.6 Å². The summed E-state index contributed by atoms with van der Waals surface area (Å²) in [5.41, 5.74) is 1.16. The maximum Gasteiger partial charge on any atom is 0.271 e. The van der Waals surface area contributed by atoms with Gasteiger partial charge in [0.05, 0.1) is 40.2 Å². The minimum atomic E-state index is -1.00. The number of nitrogens with zero attached hydrogens (tertiary/aromatic N) is 6. The standard InChI is InChI=1S/C44H49ClN8O7/c1-25(2)52(29-17-33(18-29)60-31-9-10-34-35(19-31)44(58)53(43(34)57)38-11-12-40(54)50-42(38)56)24-26-13-15-51(16-14-26)39-23-47-37(22-48-39)41(55)49-28-4-7-30(8-5-28)59-32-6-3-27(21-46)36(45)20-32/h3,6,9-10,19-20,22-23,25-26,28-30,33,38H,4-5,7-8,11-18,24H2,1-2H3,(H,49,55)(H,50,54,56)/t28-,29-,30-,33-,38?. The highest BCUT2D eigenvalue weighted by molar-refractivity contribution is 6.31. The van der Waals surface area contributed by atoms with E-state index in [1.165, 1.54) is 0 Å². The molecule has 2 saturated heterocycles. The highest BCUT2D eigenvalue weighted by Crippen LogP contribution is 2.36. The predicted octanol–water partition coefficient (Wildman–Crippen LogP) is 5.06. The van der Waals surface area contributed by atoms with Crippen LogP contribution in [0.25, 0.3) is 0 Å². The summed E-state index contributed by atoms with van der Waals surface area (Å²) in [6.45, 7) is 7.14. The van der Waals surface area contributed by atoms with E-state index in [4.69, 9.17) is 26.3 Å². The fraction of sp³-hybridized carbons (Fsp3) is 0.500. The van der Waals surface area contributed by atoms with E-state index in [0.717, 1.165) is 81.7 Å². The van der Waals surface area contributed by atoms with Crippen molar-refractivity contribution in [1.29, 1.82) is 5.26 Å². The van der Waals surface area contributed by atoms with Crippen molar-refractivity contribution >= 4 is 47.0 Å². The lowest BCUT2D eigenvalue weighted by Crippen LogP contribution is -2.54. The number of imide groups is 2. The van der Waals surface area contributed by atoms with Crippen LogP contribution < -0.4 is 25.0 Å². The lowest BCUT2D eigenvalue weighted by Gasteiger charge is -2.46. The van der Waals surface area contributed by atoms with E-state index < -0.39 is 29.7 Å². The highest BCUT2D eigenvalue weighted by atomic mass is 35.5. The summed E-state index contributed by atoms with van der Waals surface area (Å²) in [7, 11) is 0. The van der Waals surface area contributed by atoms with Gasteiger partial charge in [-0.15, -0.1) is 0 Å². The van der Waals surface area contributed by atoms with Crippen molar-refractivity contribution < 1.29 is 33.4 Å². The number of carbonyl (C=O) groups excluding carboxylic acids is 5. The first-order chi connectivity index (χ1) is 28.9. The number of benzene rings is 2. The van der Waals surface area contributed by atoms with E-state index in [-0.39, 0.29) is 48.1 Å². The Morgan fingerprint density at radius 3 is 2.28 bits per heavy atom. The Balaban J connectivity index is 0.761. The summed E-state index contributed by atoms with van der Waals surface area (Å²) in [4.78, 5) is 78.3. The second-order valence-corrected chi connectivity index (χ2v) is 17.2. The molecule has 2 aromatic carbocycles. The minimum absolute atomic E-state index is 0.0152. The Labute approximate surface area is 353 Å². The number of aromatic nitrogens is 2. The average molecular weight is 837 g/mol. The number of piperidine rings is 2. The number of fused-ring (bicyclic) bond motifs is 1. The molecule has 1 atom stereocenters. The molecule has 3 aliphatic heterocycles. The van der Waals surface area contributed by atoms with Gasteiger partial charge in [0.2, 0.25) is 11.8 Å². The summed E-state index contributed by atoms with van der Waals surface area (Å²) >= 11 is 6.15. The summed E-state index contributed by atoms with van der Waals surface area (Å²) in [5.74, 6) is 0.100. The van der Waals surface area contributed by atoms with E-state index >= 15 is 0 Å². The molecule has 15 nitrogen and oxygen atoms in total. The lowest BCUT2D eigenvalue weighted by molar-refractivity contribution is -0.136. The van der Waals surface area contributed by atoms with E-state index in [0.29, 0.717) is 45.8 Å². The number of amides is 5. The second kappa shape index (κ2) is 17.6. The number of rotatable bonds is 12.